The molecule has 0 unspecified atom stereocenters. The van der Waals surface area contributed by atoms with Gasteiger partial charge in [-0.05, 0) is 51.3 Å². The first-order valence-electron chi connectivity index (χ1n) is 9.53. The number of hydrogen-bond donors (Lipinski definition) is 1. The Balaban J connectivity index is 1.60. The van der Waals surface area contributed by atoms with Crippen molar-refractivity contribution in [3.63, 3.8) is 0 Å². The van der Waals surface area contributed by atoms with Crippen LogP contribution in [0.3, 0.4) is 0 Å². The van der Waals surface area contributed by atoms with Gasteiger partial charge in [0, 0.05) is 6.04 Å². The van der Waals surface area contributed by atoms with E-state index < -0.39 is 0 Å². The fourth-order valence-electron chi connectivity index (χ4n) is 3.04. The SMILES string of the molecule is Cc1noc(C)c1COc1ccccc1C(=O)N[C@H](C)CCc1ccccc1. The number of carbonyl (C=O) groups excluding carboxylic acids is 1. The van der Waals surface area contributed by atoms with E-state index in [1.165, 1.54) is 5.56 Å². The van der Waals surface area contributed by atoms with Crippen LogP contribution in [0.2, 0.25) is 0 Å². The molecule has 1 aromatic heterocycles. The van der Waals surface area contributed by atoms with Gasteiger partial charge >= 0.3 is 0 Å². The van der Waals surface area contributed by atoms with Crippen LogP contribution in [0.25, 0.3) is 0 Å². The summed E-state index contributed by atoms with van der Waals surface area (Å²) in [5.74, 6) is 1.15. The minimum Gasteiger partial charge on any atom is -0.488 e. The molecule has 0 saturated carbocycles. The molecule has 1 amide bonds. The molecule has 0 radical (unpaired) electrons. The van der Waals surface area contributed by atoms with Crippen molar-refractivity contribution in [2.75, 3.05) is 0 Å². The van der Waals surface area contributed by atoms with Crippen molar-refractivity contribution in [2.45, 2.75) is 46.3 Å². The summed E-state index contributed by atoms with van der Waals surface area (Å²) in [6, 6.07) is 17.6. The van der Waals surface area contributed by atoms with Crippen molar-refractivity contribution in [1.29, 1.82) is 0 Å². The monoisotopic (exact) mass is 378 g/mol. The van der Waals surface area contributed by atoms with Gasteiger partial charge in [-0.2, -0.15) is 0 Å². The summed E-state index contributed by atoms with van der Waals surface area (Å²) in [4.78, 5) is 12.8. The molecule has 0 saturated heterocycles. The second-order valence-electron chi connectivity index (χ2n) is 6.99. The topological polar surface area (TPSA) is 64.4 Å². The number of aryl methyl sites for hydroxylation is 3. The zero-order valence-corrected chi connectivity index (χ0v) is 16.6. The lowest BCUT2D eigenvalue weighted by molar-refractivity contribution is 0.0934. The second kappa shape index (κ2) is 9.22. The lowest BCUT2D eigenvalue weighted by atomic mass is 10.1. The van der Waals surface area contributed by atoms with E-state index >= 15 is 0 Å². The Labute approximate surface area is 165 Å². The smallest absolute Gasteiger partial charge is 0.255 e. The molecule has 5 nitrogen and oxygen atoms in total. The van der Waals surface area contributed by atoms with Gasteiger partial charge in [-0.25, -0.2) is 0 Å². The summed E-state index contributed by atoms with van der Waals surface area (Å²) >= 11 is 0. The number of benzene rings is 2. The first kappa shape index (κ1) is 19.7. The van der Waals surface area contributed by atoms with E-state index in [0.717, 1.165) is 29.9 Å². The van der Waals surface area contributed by atoms with E-state index in [9.17, 15) is 4.79 Å². The molecule has 0 bridgehead atoms. The van der Waals surface area contributed by atoms with Gasteiger partial charge in [-0.1, -0.05) is 47.6 Å². The summed E-state index contributed by atoms with van der Waals surface area (Å²) in [6.45, 7) is 6.07. The molecule has 1 atom stereocenters. The summed E-state index contributed by atoms with van der Waals surface area (Å²) in [5, 5.41) is 7.01. The molecule has 3 aromatic rings. The number of aromatic nitrogens is 1. The number of rotatable bonds is 8. The highest BCUT2D eigenvalue weighted by atomic mass is 16.5. The normalized spacial score (nSPS) is 11.8. The van der Waals surface area contributed by atoms with E-state index in [-0.39, 0.29) is 11.9 Å². The van der Waals surface area contributed by atoms with Crippen LogP contribution in [0.1, 0.15) is 46.3 Å². The molecular weight excluding hydrogens is 352 g/mol. The zero-order chi connectivity index (χ0) is 19.9. The van der Waals surface area contributed by atoms with Gasteiger partial charge in [0.15, 0.2) is 0 Å². The van der Waals surface area contributed by atoms with Crippen molar-refractivity contribution < 1.29 is 14.1 Å². The Hall–Kier alpha value is -3.08. The van der Waals surface area contributed by atoms with Gasteiger partial charge in [0.05, 0.1) is 16.8 Å². The number of nitrogens with zero attached hydrogens (tertiary/aromatic N) is 1. The van der Waals surface area contributed by atoms with Crippen molar-refractivity contribution >= 4 is 5.91 Å². The third-order valence-corrected chi connectivity index (χ3v) is 4.77. The summed E-state index contributed by atoms with van der Waals surface area (Å²) in [7, 11) is 0. The Bertz CT molecular complexity index is 899. The molecule has 1 N–H and O–H groups in total. The first-order valence-corrected chi connectivity index (χ1v) is 9.53. The highest BCUT2D eigenvalue weighted by Gasteiger charge is 2.16. The summed E-state index contributed by atoms with van der Waals surface area (Å²) in [5.41, 5.74) is 3.51. The minimum atomic E-state index is -0.130. The molecule has 0 fully saturated rings. The molecule has 3 rings (SSSR count). The van der Waals surface area contributed by atoms with E-state index in [2.05, 4.69) is 22.6 Å². The average Bonchev–Trinajstić information content (AvgIpc) is 3.03. The van der Waals surface area contributed by atoms with E-state index in [1.807, 2.05) is 57.2 Å². The largest absolute Gasteiger partial charge is 0.488 e. The fourth-order valence-corrected chi connectivity index (χ4v) is 3.04. The lowest BCUT2D eigenvalue weighted by Gasteiger charge is -2.16. The molecule has 2 aromatic carbocycles. The van der Waals surface area contributed by atoms with Gasteiger partial charge in [0.1, 0.15) is 18.1 Å². The van der Waals surface area contributed by atoms with Gasteiger partial charge in [0.25, 0.3) is 5.91 Å². The number of amides is 1. The Morgan fingerprint density at radius 2 is 1.82 bits per heavy atom. The van der Waals surface area contributed by atoms with E-state index in [4.69, 9.17) is 9.26 Å². The van der Waals surface area contributed by atoms with Crippen molar-refractivity contribution in [2.24, 2.45) is 0 Å². The minimum absolute atomic E-state index is 0.0586. The second-order valence-corrected chi connectivity index (χ2v) is 6.99. The predicted molar refractivity (Wildman–Crippen MR) is 108 cm³/mol. The number of carbonyl (C=O) groups is 1. The Morgan fingerprint density at radius 3 is 2.54 bits per heavy atom. The quantitative estimate of drug-likeness (QED) is 0.621. The van der Waals surface area contributed by atoms with Crippen LogP contribution in [0.5, 0.6) is 5.75 Å². The highest BCUT2D eigenvalue weighted by Crippen LogP contribution is 2.21. The molecule has 28 heavy (non-hydrogen) atoms. The molecule has 0 aliphatic rings. The van der Waals surface area contributed by atoms with Crippen molar-refractivity contribution in [1.82, 2.24) is 10.5 Å². The molecule has 1 heterocycles. The molecule has 146 valence electrons. The molecule has 0 aliphatic carbocycles. The average molecular weight is 378 g/mol. The number of para-hydroxylation sites is 1. The molecule has 0 aliphatic heterocycles. The maximum Gasteiger partial charge on any atom is 0.255 e. The third-order valence-electron chi connectivity index (χ3n) is 4.77. The standard InChI is InChI=1S/C23H26N2O3/c1-16(13-14-19-9-5-4-6-10-19)24-23(26)20-11-7-8-12-22(20)27-15-21-17(2)25-28-18(21)3/h4-12,16H,13-15H2,1-3H3,(H,24,26)/t16-/m1/s1. The molecule has 5 heteroatoms. The highest BCUT2D eigenvalue weighted by molar-refractivity contribution is 5.97. The summed E-state index contributed by atoms with van der Waals surface area (Å²) < 4.78 is 11.1. The predicted octanol–water partition coefficient (Wildman–Crippen LogP) is 4.62. The van der Waals surface area contributed by atoms with Crippen LogP contribution < -0.4 is 10.1 Å². The fraction of sp³-hybridized carbons (Fsp3) is 0.304. The van der Waals surface area contributed by atoms with Crippen molar-refractivity contribution in [3.05, 3.63) is 82.7 Å². The third kappa shape index (κ3) is 5.00. The maximum absolute atomic E-state index is 12.8. The van der Waals surface area contributed by atoms with Gasteiger partial charge < -0.3 is 14.6 Å². The van der Waals surface area contributed by atoms with Crippen LogP contribution in [0, 0.1) is 13.8 Å². The number of nitrogens with one attached hydrogen (secondary N) is 1. The van der Waals surface area contributed by atoms with E-state index in [0.29, 0.717) is 17.9 Å². The van der Waals surface area contributed by atoms with Crippen LogP contribution >= 0.6 is 0 Å². The van der Waals surface area contributed by atoms with Gasteiger partial charge in [-0.15, -0.1) is 0 Å². The Kier molecular flexibility index (Phi) is 6.48. The lowest BCUT2D eigenvalue weighted by Crippen LogP contribution is -2.33. The van der Waals surface area contributed by atoms with E-state index in [1.54, 1.807) is 6.07 Å². The zero-order valence-electron chi connectivity index (χ0n) is 16.6. The first-order chi connectivity index (χ1) is 13.5. The molecular formula is C23H26N2O3. The van der Waals surface area contributed by atoms with Crippen molar-refractivity contribution in [3.8, 4) is 5.75 Å². The maximum atomic E-state index is 12.8. The Morgan fingerprint density at radius 1 is 1.11 bits per heavy atom. The number of ether oxygens (including phenoxy) is 1. The number of hydrogen-bond acceptors (Lipinski definition) is 4. The molecule has 0 spiro atoms. The van der Waals surface area contributed by atoms with Crippen LogP contribution in [-0.4, -0.2) is 17.1 Å². The van der Waals surface area contributed by atoms with Crippen LogP contribution in [0.15, 0.2) is 59.1 Å². The summed E-state index contributed by atoms with van der Waals surface area (Å²) in [6.07, 6.45) is 1.80. The van der Waals surface area contributed by atoms with Gasteiger partial charge in [-0.3, -0.25) is 4.79 Å². The van der Waals surface area contributed by atoms with Crippen LogP contribution in [0.4, 0.5) is 0 Å². The van der Waals surface area contributed by atoms with Gasteiger partial charge in [0.2, 0.25) is 0 Å². The van der Waals surface area contributed by atoms with Crippen LogP contribution in [-0.2, 0) is 13.0 Å².